The number of amides is 1. The molecule has 2 aromatic carbocycles. The number of carbonyl (C=O) groups excluding carboxylic acids is 1. The molecule has 2 heterocycles. The highest BCUT2D eigenvalue weighted by Gasteiger charge is 2.39. The third-order valence-corrected chi connectivity index (χ3v) is 5.72. The second-order valence-corrected chi connectivity index (χ2v) is 8.05. The molecule has 0 N–H and O–H groups in total. The summed E-state index contributed by atoms with van der Waals surface area (Å²) in [6.45, 7) is 0.948. The smallest absolute Gasteiger partial charge is 0.425 e. The van der Waals surface area contributed by atoms with Crippen LogP contribution in [0.2, 0.25) is 0 Å². The second kappa shape index (κ2) is 9.49. The maximum Gasteiger partial charge on any atom is 0.425 e. The van der Waals surface area contributed by atoms with Gasteiger partial charge in [0.05, 0.1) is 18.4 Å². The highest BCUT2D eigenvalue weighted by molar-refractivity contribution is 6.00. The second-order valence-electron chi connectivity index (χ2n) is 8.05. The number of benzene rings is 2. The minimum Gasteiger partial charge on any atom is -0.494 e. The van der Waals surface area contributed by atoms with E-state index in [0.29, 0.717) is 11.3 Å². The van der Waals surface area contributed by atoms with Crippen LogP contribution < -0.4 is 9.47 Å². The number of aromatic nitrogens is 2. The molecular formula is C24H19F5N4O3. The highest BCUT2D eigenvalue weighted by atomic mass is 19.4. The third-order valence-electron chi connectivity index (χ3n) is 5.72. The molecule has 1 aliphatic heterocycles. The van der Waals surface area contributed by atoms with Crippen molar-refractivity contribution in [2.45, 2.75) is 32.2 Å². The molecule has 7 nitrogen and oxygen atoms in total. The van der Waals surface area contributed by atoms with Gasteiger partial charge < -0.3 is 14.4 Å². The lowest BCUT2D eigenvalue weighted by molar-refractivity contribution is -0.189. The van der Waals surface area contributed by atoms with Gasteiger partial charge in [0.15, 0.2) is 17.7 Å². The van der Waals surface area contributed by atoms with Crippen molar-refractivity contribution in [1.82, 2.24) is 14.7 Å². The summed E-state index contributed by atoms with van der Waals surface area (Å²) < 4.78 is 78.5. The van der Waals surface area contributed by atoms with Gasteiger partial charge in [0, 0.05) is 37.3 Å². The van der Waals surface area contributed by atoms with Crippen LogP contribution in [0.15, 0.2) is 36.5 Å². The van der Waals surface area contributed by atoms with E-state index in [1.165, 1.54) is 35.0 Å². The number of halogens is 5. The fourth-order valence-corrected chi connectivity index (χ4v) is 3.86. The molecule has 1 unspecified atom stereocenters. The van der Waals surface area contributed by atoms with E-state index in [9.17, 15) is 32.0 Å². The quantitative estimate of drug-likeness (QED) is 0.474. The number of hydrogen-bond donors (Lipinski definition) is 0. The van der Waals surface area contributed by atoms with Gasteiger partial charge >= 0.3 is 6.18 Å². The summed E-state index contributed by atoms with van der Waals surface area (Å²) in [4.78, 5) is 14.9. The average molecular weight is 506 g/mol. The topological polar surface area (TPSA) is 80.4 Å². The van der Waals surface area contributed by atoms with Gasteiger partial charge in [-0.05, 0) is 31.2 Å². The molecule has 36 heavy (non-hydrogen) atoms. The lowest BCUT2D eigenvalue weighted by atomic mass is 10.0. The van der Waals surface area contributed by atoms with E-state index < -0.39 is 29.8 Å². The molecule has 0 fully saturated rings. The van der Waals surface area contributed by atoms with Crippen molar-refractivity contribution in [3.8, 4) is 23.3 Å². The van der Waals surface area contributed by atoms with Gasteiger partial charge in [0.1, 0.15) is 28.9 Å². The molecule has 1 aromatic heterocycles. The van der Waals surface area contributed by atoms with Gasteiger partial charge in [-0.2, -0.15) is 23.5 Å². The normalized spacial score (nSPS) is 14.1. The molecule has 0 saturated carbocycles. The standard InChI is InChI=1S/C24H19F5N4O3/c1-13(24(27,28)29)36-20-6-3-14(10-30)22(35-2)21(20)23(34)32-8-7-18-15(11-32)12-33(31-18)19-5-4-16(25)9-17(19)26/h3-6,9,12-13H,7-8,11H2,1-2H3. The third kappa shape index (κ3) is 4.68. The predicted molar refractivity (Wildman–Crippen MR) is 116 cm³/mol. The SMILES string of the molecule is COc1c(C#N)ccc(OC(C)C(F)(F)F)c1C(=O)N1CCc2nn(-c3ccc(F)cc3F)cc2C1. The van der Waals surface area contributed by atoms with Crippen molar-refractivity contribution in [2.75, 3.05) is 13.7 Å². The van der Waals surface area contributed by atoms with Gasteiger partial charge in [-0.1, -0.05) is 0 Å². The number of ether oxygens (including phenoxy) is 2. The summed E-state index contributed by atoms with van der Waals surface area (Å²) in [6, 6.07) is 7.24. The zero-order valence-corrected chi connectivity index (χ0v) is 19.1. The number of nitrogens with zero attached hydrogens (tertiary/aromatic N) is 4. The number of fused-ring (bicyclic) bond motifs is 1. The van der Waals surface area contributed by atoms with Crippen LogP contribution in [-0.4, -0.2) is 46.5 Å². The van der Waals surface area contributed by atoms with Gasteiger partial charge in [0.2, 0.25) is 0 Å². The summed E-state index contributed by atoms with van der Waals surface area (Å²) in [6.07, 6.45) is -5.15. The van der Waals surface area contributed by atoms with Crippen LogP contribution in [0.4, 0.5) is 22.0 Å². The molecule has 12 heteroatoms. The molecule has 4 rings (SSSR count). The fraction of sp³-hybridized carbons (Fsp3) is 0.292. The molecule has 188 valence electrons. The zero-order chi connectivity index (χ0) is 26.2. The zero-order valence-electron chi connectivity index (χ0n) is 19.1. The Kier molecular flexibility index (Phi) is 6.58. The molecular weight excluding hydrogens is 487 g/mol. The lowest BCUT2D eigenvalue weighted by Gasteiger charge is -2.28. The Morgan fingerprint density at radius 3 is 2.61 bits per heavy atom. The largest absolute Gasteiger partial charge is 0.494 e. The van der Waals surface area contributed by atoms with E-state index in [4.69, 9.17) is 9.47 Å². The Morgan fingerprint density at radius 2 is 1.97 bits per heavy atom. The van der Waals surface area contributed by atoms with Crippen LogP contribution in [0.5, 0.6) is 11.5 Å². The van der Waals surface area contributed by atoms with Crippen molar-refractivity contribution >= 4 is 5.91 Å². The number of alkyl halides is 3. The Bertz CT molecular complexity index is 1360. The van der Waals surface area contributed by atoms with E-state index in [0.717, 1.165) is 25.1 Å². The summed E-state index contributed by atoms with van der Waals surface area (Å²) >= 11 is 0. The van der Waals surface area contributed by atoms with Gasteiger partial charge in [-0.15, -0.1) is 0 Å². The number of nitriles is 1. The number of hydrogen-bond acceptors (Lipinski definition) is 5. The van der Waals surface area contributed by atoms with E-state index in [2.05, 4.69) is 5.10 Å². The average Bonchev–Trinajstić information content (AvgIpc) is 3.25. The molecule has 0 aliphatic carbocycles. The number of carbonyl (C=O) groups is 1. The first kappa shape index (κ1) is 25.0. The first-order valence-corrected chi connectivity index (χ1v) is 10.7. The Hall–Kier alpha value is -4.14. The van der Waals surface area contributed by atoms with Crippen molar-refractivity contribution < 1.29 is 36.2 Å². The van der Waals surface area contributed by atoms with E-state index in [1.807, 2.05) is 6.07 Å². The van der Waals surface area contributed by atoms with Crippen LogP contribution in [-0.2, 0) is 13.0 Å². The Balaban J connectivity index is 1.68. The summed E-state index contributed by atoms with van der Waals surface area (Å²) in [5.74, 6) is -2.85. The van der Waals surface area contributed by atoms with Crippen LogP contribution in [0.3, 0.4) is 0 Å². The maximum absolute atomic E-state index is 14.2. The highest BCUT2D eigenvalue weighted by Crippen LogP contribution is 2.36. The fourth-order valence-electron chi connectivity index (χ4n) is 3.86. The molecule has 1 atom stereocenters. The minimum atomic E-state index is -4.69. The molecule has 0 radical (unpaired) electrons. The van der Waals surface area contributed by atoms with Crippen LogP contribution in [0.1, 0.15) is 34.1 Å². The molecule has 1 aliphatic rings. The maximum atomic E-state index is 14.2. The minimum absolute atomic E-state index is 0.00514. The van der Waals surface area contributed by atoms with Crippen molar-refractivity contribution in [3.05, 3.63) is 70.5 Å². The predicted octanol–water partition coefficient (Wildman–Crippen LogP) is 4.56. The summed E-state index contributed by atoms with van der Waals surface area (Å²) in [5.41, 5.74) is 0.810. The Morgan fingerprint density at radius 1 is 1.22 bits per heavy atom. The van der Waals surface area contributed by atoms with E-state index in [1.54, 1.807) is 0 Å². The van der Waals surface area contributed by atoms with Crippen molar-refractivity contribution in [1.29, 1.82) is 5.26 Å². The summed E-state index contributed by atoms with van der Waals surface area (Å²) in [5, 5.41) is 13.7. The molecule has 0 bridgehead atoms. The molecule has 3 aromatic rings. The number of rotatable bonds is 5. The van der Waals surface area contributed by atoms with E-state index in [-0.39, 0.29) is 47.8 Å². The lowest BCUT2D eigenvalue weighted by Crippen LogP contribution is -2.37. The van der Waals surface area contributed by atoms with E-state index >= 15 is 0 Å². The molecule has 0 saturated heterocycles. The Labute approximate surface area is 202 Å². The first-order valence-electron chi connectivity index (χ1n) is 10.7. The van der Waals surface area contributed by atoms with Gasteiger partial charge in [-0.3, -0.25) is 4.79 Å². The molecule has 1 amide bonds. The van der Waals surface area contributed by atoms with Gasteiger partial charge in [-0.25, -0.2) is 13.5 Å². The van der Waals surface area contributed by atoms with Gasteiger partial charge in [0.25, 0.3) is 5.91 Å². The van der Waals surface area contributed by atoms with Crippen LogP contribution in [0.25, 0.3) is 5.69 Å². The van der Waals surface area contributed by atoms with Crippen LogP contribution >= 0.6 is 0 Å². The number of methoxy groups -OCH3 is 1. The van der Waals surface area contributed by atoms with Crippen LogP contribution in [0, 0.1) is 23.0 Å². The first-order chi connectivity index (χ1) is 17.0. The summed E-state index contributed by atoms with van der Waals surface area (Å²) in [7, 11) is 1.19. The monoisotopic (exact) mass is 506 g/mol. The molecule has 0 spiro atoms. The van der Waals surface area contributed by atoms with Crippen molar-refractivity contribution in [3.63, 3.8) is 0 Å². The van der Waals surface area contributed by atoms with Crippen molar-refractivity contribution in [2.24, 2.45) is 0 Å².